The van der Waals surface area contributed by atoms with E-state index in [1.807, 2.05) is 48.5 Å². The van der Waals surface area contributed by atoms with Gasteiger partial charge in [-0.3, -0.25) is 4.79 Å². The number of methoxy groups -OCH3 is 1. The zero-order chi connectivity index (χ0) is 19.8. The number of nitrogens with zero attached hydrogens (tertiary/aromatic N) is 1. The largest absolute Gasteiger partial charge is 0.497 e. The van der Waals surface area contributed by atoms with Gasteiger partial charge in [0.2, 0.25) is 0 Å². The standard InChI is InChI=1S/C22H19ClN2O3/c1-27-19-12-10-16(11-13-19)22(26)25-24-14-17-6-3-5-9-21(17)28-15-18-7-2-4-8-20(18)23/h2-14H,15H2,1H3,(H,25,26)/b24-14-. The molecular formula is C22H19ClN2O3. The van der Waals surface area contributed by atoms with Gasteiger partial charge >= 0.3 is 0 Å². The first-order valence-electron chi connectivity index (χ1n) is 8.60. The molecule has 142 valence electrons. The molecule has 0 fully saturated rings. The van der Waals surface area contributed by atoms with Crippen LogP contribution in [0.25, 0.3) is 0 Å². The molecule has 0 saturated heterocycles. The van der Waals surface area contributed by atoms with Crippen molar-refractivity contribution in [3.8, 4) is 11.5 Å². The fraction of sp³-hybridized carbons (Fsp3) is 0.0909. The van der Waals surface area contributed by atoms with Crippen molar-refractivity contribution >= 4 is 23.7 Å². The summed E-state index contributed by atoms with van der Waals surface area (Å²) in [4.78, 5) is 12.2. The van der Waals surface area contributed by atoms with E-state index in [1.54, 1.807) is 37.6 Å². The van der Waals surface area contributed by atoms with Crippen molar-refractivity contribution in [3.63, 3.8) is 0 Å². The summed E-state index contributed by atoms with van der Waals surface area (Å²) in [5.41, 5.74) is 4.63. The number of nitrogens with one attached hydrogen (secondary N) is 1. The molecule has 3 aromatic rings. The molecule has 3 rings (SSSR count). The number of para-hydroxylation sites is 1. The van der Waals surface area contributed by atoms with Gasteiger partial charge < -0.3 is 9.47 Å². The monoisotopic (exact) mass is 394 g/mol. The van der Waals surface area contributed by atoms with Crippen molar-refractivity contribution in [2.24, 2.45) is 5.10 Å². The maximum Gasteiger partial charge on any atom is 0.271 e. The molecule has 0 aliphatic heterocycles. The number of ether oxygens (including phenoxy) is 2. The minimum absolute atomic E-state index is 0.312. The Balaban J connectivity index is 1.63. The summed E-state index contributed by atoms with van der Waals surface area (Å²) in [7, 11) is 1.57. The van der Waals surface area contributed by atoms with E-state index in [4.69, 9.17) is 21.1 Å². The van der Waals surface area contributed by atoms with Crippen molar-refractivity contribution < 1.29 is 14.3 Å². The number of amides is 1. The molecule has 0 aromatic heterocycles. The number of carbonyl (C=O) groups excluding carboxylic acids is 1. The Hall–Kier alpha value is -3.31. The van der Waals surface area contributed by atoms with Crippen LogP contribution in [0.2, 0.25) is 5.02 Å². The summed E-state index contributed by atoms with van der Waals surface area (Å²) >= 11 is 6.16. The third kappa shape index (κ3) is 5.11. The molecule has 5 nitrogen and oxygen atoms in total. The molecule has 3 aromatic carbocycles. The molecule has 0 heterocycles. The second kappa shape index (κ2) is 9.58. The van der Waals surface area contributed by atoms with Gasteiger partial charge in [-0.2, -0.15) is 5.10 Å². The molecule has 0 spiro atoms. The number of rotatable bonds is 7. The Kier molecular flexibility index (Phi) is 6.65. The minimum atomic E-state index is -0.312. The van der Waals surface area contributed by atoms with Crippen LogP contribution in [-0.4, -0.2) is 19.2 Å². The van der Waals surface area contributed by atoms with Crippen molar-refractivity contribution in [3.05, 3.63) is 94.5 Å². The van der Waals surface area contributed by atoms with E-state index in [0.717, 1.165) is 11.1 Å². The summed E-state index contributed by atoms with van der Waals surface area (Å²) in [6.07, 6.45) is 1.54. The molecule has 0 atom stereocenters. The van der Waals surface area contributed by atoms with E-state index < -0.39 is 0 Å². The molecule has 1 N–H and O–H groups in total. The number of carbonyl (C=O) groups is 1. The predicted octanol–water partition coefficient (Wildman–Crippen LogP) is 4.69. The van der Waals surface area contributed by atoms with E-state index in [2.05, 4.69) is 10.5 Å². The van der Waals surface area contributed by atoms with Crippen LogP contribution in [0.3, 0.4) is 0 Å². The lowest BCUT2D eigenvalue weighted by molar-refractivity contribution is 0.0955. The van der Waals surface area contributed by atoms with Gasteiger partial charge in [0.1, 0.15) is 18.1 Å². The lowest BCUT2D eigenvalue weighted by Crippen LogP contribution is -2.17. The fourth-order valence-corrected chi connectivity index (χ4v) is 2.65. The van der Waals surface area contributed by atoms with Gasteiger partial charge in [0.15, 0.2) is 0 Å². The second-order valence-corrected chi connectivity index (χ2v) is 6.25. The normalized spacial score (nSPS) is 10.6. The SMILES string of the molecule is COc1ccc(C(=O)N/N=C\c2ccccc2OCc2ccccc2Cl)cc1. The molecule has 0 aliphatic carbocycles. The van der Waals surface area contributed by atoms with Crippen LogP contribution in [0.15, 0.2) is 77.9 Å². The maximum atomic E-state index is 12.2. The molecule has 0 aliphatic rings. The highest BCUT2D eigenvalue weighted by Crippen LogP contribution is 2.21. The first-order chi connectivity index (χ1) is 13.7. The summed E-state index contributed by atoms with van der Waals surface area (Å²) in [5.74, 6) is 1.02. The molecule has 0 bridgehead atoms. The lowest BCUT2D eigenvalue weighted by Gasteiger charge is -2.10. The quantitative estimate of drug-likeness (QED) is 0.467. The molecule has 0 radical (unpaired) electrons. The van der Waals surface area contributed by atoms with E-state index in [-0.39, 0.29) is 5.91 Å². The first kappa shape index (κ1) is 19.5. The number of hydrazone groups is 1. The number of benzene rings is 3. The van der Waals surface area contributed by atoms with Crippen molar-refractivity contribution in [1.29, 1.82) is 0 Å². The van der Waals surface area contributed by atoms with Crippen LogP contribution in [-0.2, 0) is 6.61 Å². The smallest absolute Gasteiger partial charge is 0.271 e. The van der Waals surface area contributed by atoms with E-state index in [1.165, 1.54) is 0 Å². The van der Waals surface area contributed by atoms with Crippen LogP contribution in [0.5, 0.6) is 11.5 Å². The minimum Gasteiger partial charge on any atom is -0.497 e. The van der Waals surface area contributed by atoms with Crippen LogP contribution in [0.4, 0.5) is 0 Å². The van der Waals surface area contributed by atoms with Gasteiger partial charge in [-0.1, -0.05) is 41.9 Å². The number of hydrogen-bond acceptors (Lipinski definition) is 4. The van der Waals surface area contributed by atoms with Crippen molar-refractivity contribution in [2.45, 2.75) is 6.61 Å². The average Bonchev–Trinajstić information content (AvgIpc) is 2.74. The summed E-state index contributed by atoms with van der Waals surface area (Å²) in [6, 6.07) is 21.7. The summed E-state index contributed by atoms with van der Waals surface area (Å²) in [6.45, 7) is 0.336. The molecule has 6 heteroatoms. The van der Waals surface area contributed by atoms with E-state index in [9.17, 15) is 4.79 Å². The van der Waals surface area contributed by atoms with Crippen molar-refractivity contribution in [1.82, 2.24) is 5.43 Å². The van der Waals surface area contributed by atoms with Gasteiger partial charge in [0.05, 0.1) is 13.3 Å². The highest BCUT2D eigenvalue weighted by Gasteiger charge is 2.06. The predicted molar refractivity (Wildman–Crippen MR) is 110 cm³/mol. The van der Waals surface area contributed by atoms with Crippen LogP contribution < -0.4 is 14.9 Å². The van der Waals surface area contributed by atoms with Crippen molar-refractivity contribution in [2.75, 3.05) is 7.11 Å². The average molecular weight is 395 g/mol. The zero-order valence-electron chi connectivity index (χ0n) is 15.3. The Bertz CT molecular complexity index is 972. The Morgan fingerprint density at radius 3 is 2.50 bits per heavy atom. The zero-order valence-corrected chi connectivity index (χ0v) is 16.0. The summed E-state index contributed by atoms with van der Waals surface area (Å²) in [5, 5.41) is 4.69. The van der Waals surface area contributed by atoms with Gasteiger partial charge in [-0.05, 0) is 42.5 Å². The molecule has 0 saturated carbocycles. The van der Waals surface area contributed by atoms with Gasteiger partial charge in [0, 0.05) is 21.7 Å². The second-order valence-electron chi connectivity index (χ2n) is 5.85. The van der Waals surface area contributed by atoms with Crippen LogP contribution in [0.1, 0.15) is 21.5 Å². The van der Waals surface area contributed by atoms with E-state index >= 15 is 0 Å². The lowest BCUT2D eigenvalue weighted by atomic mass is 10.2. The van der Waals surface area contributed by atoms with Gasteiger partial charge in [-0.15, -0.1) is 0 Å². The van der Waals surface area contributed by atoms with Crippen LogP contribution >= 0.6 is 11.6 Å². The Labute approximate surface area is 168 Å². The third-order valence-corrected chi connectivity index (χ3v) is 4.35. The molecular weight excluding hydrogens is 376 g/mol. The first-order valence-corrected chi connectivity index (χ1v) is 8.98. The van der Waals surface area contributed by atoms with E-state index in [0.29, 0.717) is 28.7 Å². The van der Waals surface area contributed by atoms with Gasteiger partial charge in [0.25, 0.3) is 5.91 Å². The Morgan fingerprint density at radius 2 is 1.75 bits per heavy atom. The number of halogens is 1. The molecule has 1 amide bonds. The molecule has 28 heavy (non-hydrogen) atoms. The Morgan fingerprint density at radius 1 is 1.04 bits per heavy atom. The summed E-state index contributed by atoms with van der Waals surface area (Å²) < 4.78 is 10.9. The fourth-order valence-electron chi connectivity index (χ4n) is 2.46. The third-order valence-electron chi connectivity index (χ3n) is 3.98. The topological polar surface area (TPSA) is 59.9 Å². The molecule has 0 unspecified atom stereocenters. The highest BCUT2D eigenvalue weighted by atomic mass is 35.5. The van der Waals surface area contributed by atoms with Crippen LogP contribution in [0, 0.1) is 0 Å². The maximum absolute atomic E-state index is 12.2. The highest BCUT2D eigenvalue weighted by molar-refractivity contribution is 6.31. The van der Waals surface area contributed by atoms with Gasteiger partial charge in [-0.25, -0.2) is 5.43 Å². The number of hydrogen-bond donors (Lipinski definition) is 1.